The summed E-state index contributed by atoms with van der Waals surface area (Å²) in [6.07, 6.45) is 1.79. The first-order valence-corrected chi connectivity index (χ1v) is 8.99. The molecule has 0 saturated carbocycles. The molecule has 1 heterocycles. The molecule has 1 aromatic heterocycles. The van der Waals surface area contributed by atoms with Gasteiger partial charge in [-0.3, -0.25) is 0 Å². The molecule has 0 aliphatic carbocycles. The molecule has 0 amide bonds. The molecule has 0 saturated heterocycles. The number of benzene rings is 1. The van der Waals surface area contributed by atoms with Crippen LogP contribution in [0, 0.1) is 0 Å². The molecule has 1 N–H and O–H groups in total. The van der Waals surface area contributed by atoms with Crippen LogP contribution >= 0.6 is 28.3 Å². The molecule has 122 valence electrons. The van der Waals surface area contributed by atoms with E-state index in [0.29, 0.717) is 28.2 Å². The Morgan fingerprint density at radius 1 is 1.41 bits per heavy atom. The van der Waals surface area contributed by atoms with Gasteiger partial charge in [0.1, 0.15) is 0 Å². The first-order valence-electron chi connectivity index (χ1n) is 6.31. The maximum atomic E-state index is 11.7. The van der Waals surface area contributed by atoms with Gasteiger partial charge in [-0.15, -0.1) is 12.4 Å². The van der Waals surface area contributed by atoms with Gasteiger partial charge in [-0.25, -0.2) is 8.42 Å². The fraction of sp³-hybridized carbons (Fsp3) is 0.385. The normalized spacial score (nSPS) is 12.7. The van der Waals surface area contributed by atoms with Gasteiger partial charge in [0.2, 0.25) is 0 Å². The molecule has 6 nitrogen and oxygen atoms in total. The third-order valence-electron chi connectivity index (χ3n) is 3.03. The maximum Gasteiger partial charge on any atom is 0.257 e. The first kappa shape index (κ1) is 19.1. The zero-order valence-electron chi connectivity index (χ0n) is 12.3. The summed E-state index contributed by atoms with van der Waals surface area (Å²) in [4.78, 5) is 4.49. The van der Waals surface area contributed by atoms with E-state index in [0.717, 1.165) is 6.26 Å². The van der Waals surface area contributed by atoms with Crippen molar-refractivity contribution in [2.45, 2.75) is 24.3 Å². The maximum absolute atomic E-state index is 11.7. The van der Waals surface area contributed by atoms with Crippen LogP contribution in [0.4, 0.5) is 0 Å². The molecule has 0 spiro atoms. The highest BCUT2D eigenvalue weighted by atomic mass is 79.9. The summed E-state index contributed by atoms with van der Waals surface area (Å²) in [5.74, 6) is 0.890. The molecule has 0 aliphatic heterocycles. The van der Waals surface area contributed by atoms with Crippen molar-refractivity contribution in [2.24, 2.45) is 0 Å². The number of aromatic nitrogens is 2. The van der Waals surface area contributed by atoms with E-state index in [1.54, 1.807) is 12.1 Å². The summed E-state index contributed by atoms with van der Waals surface area (Å²) in [5.41, 5.74) is 0.578. The van der Waals surface area contributed by atoms with E-state index in [9.17, 15) is 8.42 Å². The van der Waals surface area contributed by atoms with Crippen molar-refractivity contribution in [3.8, 4) is 11.5 Å². The molecule has 9 heteroatoms. The van der Waals surface area contributed by atoms with Crippen molar-refractivity contribution in [3.63, 3.8) is 0 Å². The lowest BCUT2D eigenvalue weighted by Crippen LogP contribution is -2.24. The average molecular weight is 411 g/mol. The number of hydrogen-bond acceptors (Lipinski definition) is 6. The fourth-order valence-corrected chi connectivity index (χ4v) is 3.64. The fourth-order valence-electron chi connectivity index (χ4n) is 1.75. The zero-order chi connectivity index (χ0) is 15.6. The second-order valence-corrected chi connectivity index (χ2v) is 7.67. The van der Waals surface area contributed by atoms with Crippen LogP contribution in [0.25, 0.3) is 11.5 Å². The summed E-state index contributed by atoms with van der Waals surface area (Å²) in [7, 11) is -1.47. The van der Waals surface area contributed by atoms with Crippen LogP contribution < -0.4 is 5.32 Å². The van der Waals surface area contributed by atoms with E-state index in [-0.39, 0.29) is 23.3 Å². The van der Waals surface area contributed by atoms with Crippen molar-refractivity contribution in [3.05, 3.63) is 28.5 Å². The Morgan fingerprint density at radius 3 is 2.68 bits per heavy atom. The van der Waals surface area contributed by atoms with E-state index >= 15 is 0 Å². The number of hydrogen-bond donors (Lipinski definition) is 1. The van der Waals surface area contributed by atoms with Crippen LogP contribution in [-0.4, -0.2) is 37.9 Å². The Bertz CT molecular complexity index is 749. The smallest absolute Gasteiger partial charge is 0.257 e. The van der Waals surface area contributed by atoms with E-state index < -0.39 is 9.84 Å². The second-order valence-electron chi connectivity index (χ2n) is 4.83. The Balaban J connectivity index is 0.00000242. The highest BCUT2D eigenvalue weighted by Crippen LogP contribution is 2.27. The molecule has 1 unspecified atom stereocenters. The minimum atomic E-state index is -3.33. The quantitative estimate of drug-likeness (QED) is 0.815. The van der Waals surface area contributed by atoms with Crippen LogP contribution in [0.5, 0.6) is 0 Å². The molecule has 2 rings (SSSR count). The van der Waals surface area contributed by atoms with Crippen molar-refractivity contribution in [1.29, 1.82) is 0 Å². The molecule has 2 aromatic rings. The highest BCUT2D eigenvalue weighted by molar-refractivity contribution is 9.10. The monoisotopic (exact) mass is 409 g/mol. The Labute approximate surface area is 144 Å². The summed E-state index contributed by atoms with van der Waals surface area (Å²) in [5, 5.41) is 7.00. The molecular weight excluding hydrogens is 394 g/mol. The van der Waals surface area contributed by atoms with E-state index in [4.69, 9.17) is 4.52 Å². The number of halogens is 2. The topological polar surface area (TPSA) is 85.1 Å². The largest absolute Gasteiger partial charge is 0.334 e. The Hall–Kier alpha value is -0.960. The SMILES string of the molecule is CNC(C)Cc1noc(-c2ccc(Br)c(S(C)(=O)=O)c2)n1.Cl. The minimum absolute atomic E-state index is 0. The molecule has 0 radical (unpaired) electrons. The van der Waals surface area contributed by atoms with Gasteiger partial charge in [-0.05, 0) is 48.1 Å². The van der Waals surface area contributed by atoms with Gasteiger partial charge in [0.05, 0.1) is 4.90 Å². The summed E-state index contributed by atoms with van der Waals surface area (Å²) in [6.45, 7) is 2.01. The van der Waals surface area contributed by atoms with Gasteiger partial charge in [0.15, 0.2) is 15.7 Å². The molecule has 22 heavy (non-hydrogen) atoms. The Kier molecular flexibility index (Phi) is 6.54. The van der Waals surface area contributed by atoms with Crippen LogP contribution in [-0.2, 0) is 16.3 Å². The average Bonchev–Trinajstić information content (AvgIpc) is 2.86. The number of likely N-dealkylation sites (N-methyl/N-ethyl adjacent to an activating group) is 1. The third kappa shape index (κ3) is 4.52. The third-order valence-corrected chi connectivity index (χ3v) is 5.12. The minimum Gasteiger partial charge on any atom is -0.334 e. The van der Waals surface area contributed by atoms with Crippen LogP contribution in [0.15, 0.2) is 32.1 Å². The van der Waals surface area contributed by atoms with Gasteiger partial charge in [0, 0.05) is 28.8 Å². The number of nitrogens with zero attached hydrogens (tertiary/aromatic N) is 2. The summed E-state index contributed by atoms with van der Waals surface area (Å²) in [6, 6.07) is 5.15. The standard InChI is InChI=1S/C13H16BrN3O3S.ClH/c1-8(15-2)6-12-16-13(20-17-12)9-4-5-10(14)11(7-9)21(3,18)19;/h4-5,7-8,15H,6H2,1-3H3;1H. The molecular formula is C13H17BrClN3O3S. The first-order chi connectivity index (χ1) is 9.81. The van der Waals surface area contributed by atoms with Crippen molar-refractivity contribution in [2.75, 3.05) is 13.3 Å². The highest BCUT2D eigenvalue weighted by Gasteiger charge is 2.16. The zero-order valence-corrected chi connectivity index (χ0v) is 15.5. The van der Waals surface area contributed by atoms with E-state index in [1.165, 1.54) is 6.07 Å². The number of sulfone groups is 1. The van der Waals surface area contributed by atoms with Crippen molar-refractivity contribution >= 4 is 38.2 Å². The lowest BCUT2D eigenvalue weighted by molar-refractivity contribution is 0.418. The summed E-state index contributed by atoms with van der Waals surface area (Å²) < 4.78 is 29.2. The van der Waals surface area contributed by atoms with Crippen LogP contribution in [0.2, 0.25) is 0 Å². The van der Waals surface area contributed by atoms with Gasteiger partial charge in [-0.2, -0.15) is 4.98 Å². The Morgan fingerprint density at radius 2 is 2.09 bits per heavy atom. The van der Waals surface area contributed by atoms with Crippen LogP contribution in [0.3, 0.4) is 0 Å². The summed E-state index contributed by atoms with van der Waals surface area (Å²) >= 11 is 3.23. The molecule has 0 fully saturated rings. The van der Waals surface area contributed by atoms with Gasteiger partial charge in [-0.1, -0.05) is 5.16 Å². The molecule has 0 bridgehead atoms. The molecule has 1 aromatic carbocycles. The van der Waals surface area contributed by atoms with Gasteiger partial charge < -0.3 is 9.84 Å². The van der Waals surface area contributed by atoms with E-state index in [2.05, 4.69) is 31.4 Å². The lowest BCUT2D eigenvalue weighted by atomic mass is 10.2. The predicted octanol–water partition coefficient (Wildman–Crippen LogP) is 2.47. The van der Waals surface area contributed by atoms with E-state index in [1.807, 2.05) is 14.0 Å². The van der Waals surface area contributed by atoms with Crippen LogP contribution in [0.1, 0.15) is 12.7 Å². The molecule has 1 atom stereocenters. The van der Waals surface area contributed by atoms with Gasteiger partial charge >= 0.3 is 0 Å². The van der Waals surface area contributed by atoms with Crippen molar-refractivity contribution in [1.82, 2.24) is 15.5 Å². The van der Waals surface area contributed by atoms with Crippen molar-refractivity contribution < 1.29 is 12.9 Å². The number of rotatable bonds is 5. The predicted molar refractivity (Wildman–Crippen MR) is 90.0 cm³/mol. The molecule has 0 aliphatic rings. The second kappa shape index (κ2) is 7.54. The lowest BCUT2D eigenvalue weighted by Gasteiger charge is -2.05. The number of nitrogens with one attached hydrogen (secondary N) is 1. The van der Waals surface area contributed by atoms with Gasteiger partial charge in [0.25, 0.3) is 5.89 Å².